The van der Waals surface area contributed by atoms with Gasteiger partial charge in [0, 0.05) is 18.6 Å². The number of ether oxygens (including phenoxy) is 3. The van der Waals surface area contributed by atoms with Crippen LogP contribution < -0.4 is 16.0 Å². The molecule has 16 heteroatoms. The summed E-state index contributed by atoms with van der Waals surface area (Å²) >= 11 is 2.92. The SMILES string of the molecule is COC[C@H](NC(=O)c1cnc(C)s1)C(=O)N[C@@H](COC)C(=O)N[C@@H](Cc1ccccc1)C(=O)[C@@](C)(CI)OC(=O)C(=O)O. The van der Waals surface area contributed by atoms with Crippen molar-refractivity contribution in [3.63, 3.8) is 0 Å². The van der Waals surface area contributed by atoms with Gasteiger partial charge in [0.2, 0.25) is 11.8 Å². The van der Waals surface area contributed by atoms with E-state index in [2.05, 4.69) is 20.9 Å². The molecule has 3 amide bonds. The maximum Gasteiger partial charge on any atom is 0.418 e. The van der Waals surface area contributed by atoms with Crippen LogP contribution in [0.5, 0.6) is 0 Å². The number of methoxy groups -OCH3 is 2. The van der Waals surface area contributed by atoms with Crippen LogP contribution in [0.2, 0.25) is 0 Å². The first-order valence-electron chi connectivity index (χ1n) is 12.8. The Kier molecular flexibility index (Phi) is 14.1. The molecule has 234 valence electrons. The second kappa shape index (κ2) is 17.0. The van der Waals surface area contributed by atoms with E-state index in [9.17, 15) is 28.8 Å². The number of carboxylic acids is 1. The fraction of sp³-hybridized carbons (Fsp3) is 0.444. The topological polar surface area (TPSA) is 199 Å². The summed E-state index contributed by atoms with van der Waals surface area (Å²) in [6.45, 7) is 2.46. The highest BCUT2D eigenvalue weighted by Crippen LogP contribution is 2.20. The summed E-state index contributed by atoms with van der Waals surface area (Å²) in [5.41, 5.74) is -1.25. The summed E-state index contributed by atoms with van der Waals surface area (Å²) in [5, 5.41) is 17.3. The monoisotopic (exact) mass is 732 g/mol. The van der Waals surface area contributed by atoms with Gasteiger partial charge in [-0.25, -0.2) is 14.6 Å². The predicted octanol–water partition coefficient (Wildman–Crippen LogP) is 0.446. The van der Waals surface area contributed by atoms with Crippen LogP contribution in [0, 0.1) is 6.92 Å². The molecule has 2 aromatic rings. The van der Waals surface area contributed by atoms with Crippen molar-refractivity contribution in [2.75, 3.05) is 31.9 Å². The number of aromatic nitrogens is 1. The van der Waals surface area contributed by atoms with Crippen LogP contribution >= 0.6 is 33.9 Å². The molecule has 0 saturated heterocycles. The van der Waals surface area contributed by atoms with Gasteiger partial charge < -0.3 is 35.3 Å². The van der Waals surface area contributed by atoms with Crippen molar-refractivity contribution in [3.05, 3.63) is 52.0 Å². The molecule has 43 heavy (non-hydrogen) atoms. The molecular weight excluding hydrogens is 699 g/mol. The zero-order chi connectivity index (χ0) is 32.2. The number of carbonyl (C=O) groups excluding carboxylic acids is 5. The lowest BCUT2D eigenvalue weighted by atomic mass is 9.92. The standard InChI is InChI=1S/C27H33IN4O10S/c1-15-29-11-20(43-15)24(36)32-19(13-41-4)23(35)31-18(12-40-3)22(34)30-17(10-16-8-6-5-7-9-16)21(33)27(2,14-28)42-26(39)25(37)38/h5-9,11,17-19H,10,12-14H2,1-4H3,(H,30,34)(H,31,35)(H,32,36)(H,37,38)/t17-,18-,19-,27+/m0/s1. The number of nitrogens with one attached hydrogen (secondary N) is 3. The number of benzene rings is 1. The minimum absolute atomic E-state index is 0.0352. The van der Waals surface area contributed by atoms with E-state index in [-0.39, 0.29) is 28.9 Å². The van der Waals surface area contributed by atoms with Crippen molar-refractivity contribution in [2.45, 2.75) is 44.0 Å². The number of esters is 1. The Morgan fingerprint density at radius 2 is 1.51 bits per heavy atom. The van der Waals surface area contributed by atoms with Gasteiger partial charge in [0.25, 0.3) is 5.91 Å². The number of amides is 3. The van der Waals surface area contributed by atoms with Gasteiger partial charge in [-0.3, -0.25) is 19.2 Å². The number of carboxylic acid groups (broad SMARTS) is 1. The van der Waals surface area contributed by atoms with Crippen molar-refractivity contribution in [3.8, 4) is 0 Å². The molecule has 1 aromatic carbocycles. The van der Waals surface area contributed by atoms with Gasteiger partial charge in [-0.1, -0.05) is 52.9 Å². The number of rotatable bonds is 16. The fourth-order valence-electron chi connectivity index (χ4n) is 3.76. The average Bonchev–Trinajstić information content (AvgIpc) is 3.42. The molecule has 0 radical (unpaired) electrons. The summed E-state index contributed by atoms with van der Waals surface area (Å²) in [6, 6.07) is 4.85. The third kappa shape index (κ3) is 10.6. The zero-order valence-electron chi connectivity index (χ0n) is 23.9. The van der Waals surface area contributed by atoms with Gasteiger partial charge in [-0.15, -0.1) is 11.3 Å². The number of aryl methyl sites for hydroxylation is 1. The van der Waals surface area contributed by atoms with Crippen LogP contribution in [0.4, 0.5) is 0 Å². The molecule has 4 N–H and O–H groups in total. The third-order valence-electron chi connectivity index (χ3n) is 5.95. The van der Waals surface area contributed by atoms with Gasteiger partial charge in [-0.05, 0) is 25.8 Å². The molecule has 0 aliphatic heterocycles. The maximum absolute atomic E-state index is 13.7. The van der Waals surface area contributed by atoms with Crippen LogP contribution in [0.15, 0.2) is 36.5 Å². The molecule has 4 atom stereocenters. The molecule has 0 fully saturated rings. The van der Waals surface area contributed by atoms with Gasteiger partial charge >= 0.3 is 11.9 Å². The van der Waals surface area contributed by atoms with Crippen LogP contribution in [-0.2, 0) is 44.6 Å². The van der Waals surface area contributed by atoms with E-state index in [1.165, 1.54) is 27.3 Å². The van der Waals surface area contributed by atoms with Crippen molar-refractivity contribution in [2.24, 2.45) is 0 Å². The van der Waals surface area contributed by atoms with Crippen molar-refractivity contribution < 1.29 is 48.1 Å². The Labute approximate surface area is 265 Å². The van der Waals surface area contributed by atoms with E-state index in [0.29, 0.717) is 10.6 Å². The molecule has 1 heterocycles. The van der Waals surface area contributed by atoms with Crippen molar-refractivity contribution in [1.82, 2.24) is 20.9 Å². The number of nitrogens with zero attached hydrogens (tertiary/aromatic N) is 1. The molecule has 0 aliphatic carbocycles. The number of ketones is 1. The number of aliphatic carboxylic acids is 1. The second-order valence-corrected chi connectivity index (χ2v) is 11.4. The van der Waals surface area contributed by atoms with Gasteiger partial charge in [0.05, 0.1) is 30.5 Å². The molecule has 0 unspecified atom stereocenters. The summed E-state index contributed by atoms with van der Waals surface area (Å²) < 4.78 is 15.1. The lowest BCUT2D eigenvalue weighted by Gasteiger charge is -2.31. The van der Waals surface area contributed by atoms with Gasteiger partial charge in [0.1, 0.15) is 17.0 Å². The maximum atomic E-state index is 13.7. The normalized spacial score (nSPS) is 14.3. The summed E-state index contributed by atoms with van der Waals surface area (Å²) in [4.78, 5) is 80.2. The third-order valence-corrected chi connectivity index (χ3v) is 8.32. The largest absolute Gasteiger partial charge is 0.473 e. The zero-order valence-corrected chi connectivity index (χ0v) is 26.9. The number of Topliss-reactive ketones (excluding diaryl/α,β-unsaturated/α-hetero) is 1. The highest BCUT2D eigenvalue weighted by Gasteiger charge is 2.43. The van der Waals surface area contributed by atoms with E-state index < -0.39 is 59.2 Å². The van der Waals surface area contributed by atoms with E-state index in [0.717, 1.165) is 11.3 Å². The first kappa shape index (κ1) is 35.7. The number of hydrogen-bond acceptors (Lipinski definition) is 11. The van der Waals surface area contributed by atoms with E-state index in [4.69, 9.17) is 19.3 Å². The number of carbonyl (C=O) groups is 6. The van der Waals surface area contributed by atoms with Crippen LogP contribution in [0.25, 0.3) is 0 Å². The molecule has 0 bridgehead atoms. The van der Waals surface area contributed by atoms with Crippen LogP contribution in [-0.4, -0.2) is 101 Å². The van der Waals surface area contributed by atoms with Gasteiger partial charge in [0.15, 0.2) is 11.4 Å². The van der Waals surface area contributed by atoms with E-state index >= 15 is 0 Å². The highest BCUT2D eigenvalue weighted by atomic mass is 127. The lowest BCUT2D eigenvalue weighted by Crippen LogP contribution is -2.60. The predicted molar refractivity (Wildman–Crippen MR) is 162 cm³/mol. The summed E-state index contributed by atoms with van der Waals surface area (Å²) in [7, 11) is 2.64. The summed E-state index contributed by atoms with van der Waals surface area (Å²) in [5.74, 6) is -6.39. The Morgan fingerprint density at radius 3 is 2.00 bits per heavy atom. The Morgan fingerprint density at radius 1 is 0.953 bits per heavy atom. The molecule has 0 aliphatic rings. The second-order valence-electron chi connectivity index (χ2n) is 9.42. The quantitative estimate of drug-likeness (QED) is 0.0809. The molecule has 0 saturated carbocycles. The van der Waals surface area contributed by atoms with E-state index in [1.807, 2.05) is 0 Å². The molecule has 0 spiro atoms. The number of thiazole rings is 1. The Balaban J connectivity index is 2.29. The molecule has 1 aromatic heterocycles. The Bertz CT molecular complexity index is 1310. The highest BCUT2D eigenvalue weighted by molar-refractivity contribution is 14.1. The van der Waals surface area contributed by atoms with Crippen LogP contribution in [0.3, 0.4) is 0 Å². The first-order valence-corrected chi connectivity index (χ1v) is 15.1. The Hall–Kier alpha value is -3.48. The minimum Gasteiger partial charge on any atom is -0.473 e. The molecule has 14 nitrogen and oxygen atoms in total. The van der Waals surface area contributed by atoms with Crippen molar-refractivity contribution in [1.29, 1.82) is 0 Å². The minimum atomic E-state index is -1.90. The molecule has 2 rings (SSSR count). The number of alkyl halides is 1. The smallest absolute Gasteiger partial charge is 0.418 e. The van der Waals surface area contributed by atoms with E-state index in [1.54, 1.807) is 59.8 Å². The van der Waals surface area contributed by atoms with Crippen molar-refractivity contribution >= 4 is 69.4 Å². The first-order chi connectivity index (χ1) is 20.3. The number of hydrogen-bond donors (Lipinski definition) is 4. The lowest BCUT2D eigenvalue weighted by molar-refractivity contribution is -0.175. The van der Waals surface area contributed by atoms with Gasteiger partial charge in [-0.2, -0.15) is 0 Å². The van der Waals surface area contributed by atoms with Crippen LogP contribution in [0.1, 0.15) is 27.2 Å². The fourth-order valence-corrected chi connectivity index (χ4v) is 4.97. The number of halogens is 1. The average molecular weight is 733 g/mol. The molecular formula is C27H33IN4O10S. The summed E-state index contributed by atoms with van der Waals surface area (Å²) in [6.07, 6.45) is 1.34.